The van der Waals surface area contributed by atoms with E-state index in [9.17, 15) is 4.79 Å². The number of nitrogens with two attached hydrogens (primary N) is 1. The van der Waals surface area contributed by atoms with E-state index in [0.717, 1.165) is 39.3 Å². The van der Waals surface area contributed by atoms with Crippen LogP contribution in [0, 0.1) is 5.41 Å². The van der Waals surface area contributed by atoms with E-state index in [-0.39, 0.29) is 42.2 Å². The van der Waals surface area contributed by atoms with Crippen molar-refractivity contribution in [2.45, 2.75) is 45.3 Å². The molecule has 0 spiro atoms. The first kappa shape index (κ1) is 23.9. The standard InChI is InChI=1S/C16H31N3O3.2ClH/c1-4-22-13-12-16(17,15(13,2)3)14(20)18-6-5-7-19-8-10-21-11-9-19;;/h13H,4-12,17H2,1-3H3,(H,18,20);2*1H. The van der Waals surface area contributed by atoms with Gasteiger partial charge in [-0.05, 0) is 19.9 Å². The molecule has 6 nitrogen and oxygen atoms in total. The van der Waals surface area contributed by atoms with Gasteiger partial charge < -0.3 is 20.5 Å². The Balaban J connectivity index is 0.00000264. The van der Waals surface area contributed by atoms with E-state index < -0.39 is 5.54 Å². The smallest absolute Gasteiger partial charge is 0.240 e. The maximum atomic E-state index is 12.4. The minimum absolute atomic E-state index is 0. The van der Waals surface area contributed by atoms with Crippen LogP contribution in [0.2, 0.25) is 0 Å². The van der Waals surface area contributed by atoms with Crippen molar-refractivity contribution in [1.29, 1.82) is 0 Å². The fraction of sp³-hybridized carbons (Fsp3) is 0.938. The van der Waals surface area contributed by atoms with E-state index in [2.05, 4.69) is 10.2 Å². The molecule has 1 saturated heterocycles. The van der Waals surface area contributed by atoms with Gasteiger partial charge in [-0.1, -0.05) is 13.8 Å². The Labute approximate surface area is 158 Å². The Bertz CT molecular complexity index is 393. The zero-order chi connectivity index (χ0) is 16.2. The number of carbonyl (C=O) groups excluding carboxylic acids is 1. The molecule has 2 unspecified atom stereocenters. The third-order valence-corrected chi connectivity index (χ3v) is 5.28. The molecule has 1 aliphatic carbocycles. The highest BCUT2D eigenvalue weighted by Crippen LogP contribution is 2.49. The lowest BCUT2D eigenvalue weighted by molar-refractivity contribution is -0.170. The quantitative estimate of drug-likeness (QED) is 0.643. The number of rotatable bonds is 7. The van der Waals surface area contributed by atoms with Gasteiger partial charge in [0.25, 0.3) is 0 Å². The Hall–Kier alpha value is -0.110. The number of carbonyl (C=O) groups is 1. The number of halogens is 2. The Morgan fingerprint density at radius 2 is 1.96 bits per heavy atom. The molecule has 2 atom stereocenters. The van der Waals surface area contributed by atoms with Gasteiger partial charge in [0.2, 0.25) is 5.91 Å². The molecule has 1 aliphatic heterocycles. The van der Waals surface area contributed by atoms with Crippen molar-refractivity contribution in [2.75, 3.05) is 46.0 Å². The summed E-state index contributed by atoms with van der Waals surface area (Å²) in [4.78, 5) is 14.8. The van der Waals surface area contributed by atoms with Crippen molar-refractivity contribution in [3.8, 4) is 0 Å². The van der Waals surface area contributed by atoms with Crippen LogP contribution in [0.3, 0.4) is 0 Å². The van der Waals surface area contributed by atoms with Gasteiger partial charge >= 0.3 is 0 Å². The average molecular weight is 386 g/mol. The summed E-state index contributed by atoms with van der Waals surface area (Å²) in [7, 11) is 0. The van der Waals surface area contributed by atoms with Crippen LogP contribution in [0.5, 0.6) is 0 Å². The average Bonchev–Trinajstić information content (AvgIpc) is 2.52. The Morgan fingerprint density at radius 1 is 1.33 bits per heavy atom. The molecule has 1 saturated carbocycles. The predicted octanol–water partition coefficient (Wildman–Crippen LogP) is 1.20. The summed E-state index contributed by atoms with van der Waals surface area (Å²) in [6.07, 6.45) is 1.61. The molecule has 0 bridgehead atoms. The highest BCUT2D eigenvalue weighted by Gasteiger charge is 2.62. The maximum Gasteiger partial charge on any atom is 0.240 e. The third kappa shape index (κ3) is 4.96. The second-order valence-corrected chi connectivity index (χ2v) is 6.90. The molecule has 1 amide bonds. The fourth-order valence-corrected chi connectivity index (χ4v) is 3.31. The predicted molar refractivity (Wildman–Crippen MR) is 100 cm³/mol. The number of hydrogen-bond donors (Lipinski definition) is 2. The summed E-state index contributed by atoms with van der Waals surface area (Å²) in [5.74, 6) is -0.0459. The molecule has 24 heavy (non-hydrogen) atoms. The molecule has 1 heterocycles. The van der Waals surface area contributed by atoms with Crippen molar-refractivity contribution in [3.63, 3.8) is 0 Å². The van der Waals surface area contributed by atoms with Crippen LogP contribution >= 0.6 is 24.8 Å². The van der Waals surface area contributed by atoms with E-state index in [1.807, 2.05) is 20.8 Å². The minimum Gasteiger partial charge on any atom is -0.379 e. The number of nitrogens with one attached hydrogen (secondary N) is 1. The largest absolute Gasteiger partial charge is 0.379 e. The van der Waals surface area contributed by atoms with Crippen LogP contribution in [-0.2, 0) is 14.3 Å². The number of amides is 1. The highest BCUT2D eigenvalue weighted by molar-refractivity contribution is 5.88. The van der Waals surface area contributed by atoms with Gasteiger partial charge in [-0.2, -0.15) is 0 Å². The van der Waals surface area contributed by atoms with Gasteiger partial charge in [0.1, 0.15) is 5.54 Å². The lowest BCUT2D eigenvalue weighted by Crippen LogP contribution is -2.75. The fourth-order valence-electron chi connectivity index (χ4n) is 3.31. The lowest BCUT2D eigenvalue weighted by atomic mass is 9.54. The minimum atomic E-state index is -0.814. The number of hydrogen-bond acceptors (Lipinski definition) is 5. The van der Waals surface area contributed by atoms with Crippen molar-refractivity contribution >= 4 is 30.7 Å². The molecule has 0 aromatic rings. The molecule has 3 N–H and O–H groups in total. The summed E-state index contributed by atoms with van der Waals surface area (Å²) in [5.41, 5.74) is 5.22. The second-order valence-electron chi connectivity index (χ2n) is 6.90. The van der Waals surface area contributed by atoms with E-state index in [1.165, 1.54) is 0 Å². The van der Waals surface area contributed by atoms with Crippen LogP contribution < -0.4 is 11.1 Å². The van der Waals surface area contributed by atoms with E-state index in [0.29, 0.717) is 19.6 Å². The molecular formula is C16H33Cl2N3O3. The van der Waals surface area contributed by atoms with Gasteiger partial charge in [0, 0.05) is 38.1 Å². The van der Waals surface area contributed by atoms with Crippen molar-refractivity contribution < 1.29 is 14.3 Å². The molecular weight excluding hydrogens is 353 g/mol. The van der Waals surface area contributed by atoms with Gasteiger partial charge in [-0.15, -0.1) is 24.8 Å². The zero-order valence-electron chi connectivity index (χ0n) is 15.0. The summed E-state index contributed by atoms with van der Waals surface area (Å²) < 4.78 is 11.0. The summed E-state index contributed by atoms with van der Waals surface area (Å²) in [6, 6.07) is 0. The van der Waals surface area contributed by atoms with E-state index >= 15 is 0 Å². The molecule has 144 valence electrons. The third-order valence-electron chi connectivity index (χ3n) is 5.28. The van der Waals surface area contributed by atoms with Gasteiger partial charge in [-0.25, -0.2) is 0 Å². The van der Waals surface area contributed by atoms with Crippen LogP contribution in [0.1, 0.15) is 33.6 Å². The first-order valence-corrected chi connectivity index (χ1v) is 8.40. The first-order chi connectivity index (χ1) is 10.4. The number of ether oxygens (including phenoxy) is 2. The second kappa shape index (κ2) is 10.1. The molecule has 8 heteroatoms. The van der Waals surface area contributed by atoms with E-state index in [4.69, 9.17) is 15.2 Å². The summed E-state index contributed by atoms with van der Waals surface area (Å²) in [6.45, 7) is 11.9. The lowest BCUT2D eigenvalue weighted by Gasteiger charge is -2.57. The zero-order valence-corrected chi connectivity index (χ0v) is 16.6. The molecule has 0 aromatic carbocycles. The topological polar surface area (TPSA) is 76.8 Å². The molecule has 2 fully saturated rings. The van der Waals surface area contributed by atoms with Crippen molar-refractivity contribution in [2.24, 2.45) is 11.1 Å². The Kier molecular flexibility index (Phi) is 10.1. The normalized spacial score (nSPS) is 28.9. The summed E-state index contributed by atoms with van der Waals surface area (Å²) in [5, 5.41) is 3.01. The monoisotopic (exact) mass is 385 g/mol. The number of nitrogens with zero attached hydrogens (tertiary/aromatic N) is 1. The van der Waals surface area contributed by atoms with Crippen LogP contribution in [-0.4, -0.2) is 68.4 Å². The summed E-state index contributed by atoms with van der Waals surface area (Å²) >= 11 is 0. The van der Waals surface area contributed by atoms with Crippen molar-refractivity contribution in [3.05, 3.63) is 0 Å². The van der Waals surface area contributed by atoms with Gasteiger partial charge in [-0.3, -0.25) is 9.69 Å². The first-order valence-electron chi connectivity index (χ1n) is 8.40. The SMILES string of the molecule is CCOC1CC(N)(C(=O)NCCCN2CCOCC2)C1(C)C.Cl.Cl. The maximum absolute atomic E-state index is 12.4. The van der Waals surface area contributed by atoms with Crippen LogP contribution in [0.25, 0.3) is 0 Å². The van der Waals surface area contributed by atoms with Gasteiger partial charge in [0.05, 0.1) is 19.3 Å². The molecule has 2 rings (SSSR count). The van der Waals surface area contributed by atoms with E-state index in [1.54, 1.807) is 0 Å². The Morgan fingerprint density at radius 3 is 2.50 bits per heavy atom. The van der Waals surface area contributed by atoms with Crippen LogP contribution in [0.15, 0.2) is 0 Å². The number of morpholine rings is 1. The molecule has 0 radical (unpaired) electrons. The van der Waals surface area contributed by atoms with Crippen LogP contribution in [0.4, 0.5) is 0 Å². The molecule has 0 aromatic heterocycles. The highest BCUT2D eigenvalue weighted by atomic mass is 35.5. The molecule has 2 aliphatic rings. The van der Waals surface area contributed by atoms with Gasteiger partial charge in [0.15, 0.2) is 0 Å². The van der Waals surface area contributed by atoms with Crippen molar-refractivity contribution in [1.82, 2.24) is 10.2 Å².